The zero-order valence-electron chi connectivity index (χ0n) is 15.8. The van der Waals surface area contributed by atoms with Gasteiger partial charge in [0.05, 0.1) is 17.2 Å². The fourth-order valence-electron chi connectivity index (χ4n) is 3.27. The Bertz CT molecular complexity index is 826. The fourth-order valence-corrected chi connectivity index (χ4v) is 4.16. The highest BCUT2D eigenvalue weighted by molar-refractivity contribution is 7.99. The van der Waals surface area contributed by atoms with Gasteiger partial charge in [0, 0.05) is 36.4 Å². The van der Waals surface area contributed by atoms with Crippen LogP contribution in [0.2, 0.25) is 0 Å². The molecular formula is C21H26N2O3S. The molecule has 0 aromatic heterocycles. The van der Waals surface area contributed by atoms with Gasteiger partial charge in [-0.1, -0.05) is 36.4 Å². The molecule has 27 heavy (non-hydrogen) atoms. The van der Waals surface area contributed by atoms with Crippen LogP contribution in [0.3, 0.4) is 0 Å². The number of carbonyl (C=O) groups excluding carboxylic acids is 2. The van der Waals surface area contributed by atoms with E-state index in [4.69, 9.17) is 0 Å². The lowest BCUT2D eigenvalue weighted by Crippen LogP contribution is -2.34. The van der Waals surface area contributed by atoms with Crippen LogP contribution >= 0.6 is 11.8 Å². The van der Waals surface area contributed by atoms with Gasteiger partial charge in [0.15, 0.2) is 0 Å². The van der Waals surface area contributed by atoms with E-state index in [1.54, 1.807) is 30.5 Å². The molecule has 1 atom stereocenters. The molecule has 0 bridgehead atoms. The van der Waals surface area contributed by atoms with E-state index in [1.165, 1.54) is 0 Å². The van der Waals surface area contributed by atoms with Crippen LogP contribution in [0.15, 0.2) is 42.5 Å². The van der Waals surface area contributed by atoms with Crippen molar-refractivity contribution >= 4 is 40.0 Å². The Labute approximate surface area is 164 Å². The number of hydrogen-bond acceptors (Lipinski definition) is 4. The zero-order chi connectivity index (χ0) is 19.4. The number of nitrogens with zero attached hydrogens (tertiary/aromatic N) is 1. The van der Waals surface area contributed by atoms with Crippen LogP contribution in [0, 0.1) is 5.92 Å². The van der Waals surface area contributed by atoms with Gasteiger partial charge in [0.2, 0.25) is 11.8 Å². The highest BCUT2D eigenvalue weighted by Gasteiger charge is 2.35. The van der Waals surface area contributed by atoms with Gasteiger partial charge in [0.25, 0.3) is 0 Å². The molecule has 6 heteroatoms. The number of aliphatic hydroxyl groups is 1. The molecule has 1 saturated heterocycles. The van der Waals surface area contributed by atoms with Crippen molar-refractivity contribution in [3.05, 3.63) is 42.5 Å². The molecule has 1 fully saturated rings. The third-order valence-corrected chi connectivity index (χ3v) is 5.96. The van der Waals surface area contributed by atoms with Gasteiger partial charge in [-0.25, -0.2) is 0 Å². The van der Waals surface area contributed by atoms with Gasteiger partial charge >= 0.3 is 0 Å². The molecule has 2 amide bonds. The van der Waals surface area contributed by atoms with E-state index in [0.29, 0.717) is 18.8 Å². The third kappa shape index (κ3) is 5.02. The van der Waals surface area contributed by atoms with Crippen molar-refractivity contribution in [2.75, 3.05) is 29.5 Å². The lowest BCUT2D eigenvalue weighted by atomic mass is 10.1. The Balaban J connectivity index is 1.58. The van der Waals surface area contributed by atoms with Crippen molar-refractivity contribution in [1.29, 1.82) is 0 Å². The van der Waals surface area contributed by atoms with E-state index in [1.807, 2.05) is 42.5 Å². The van der Waals surface area contributed by atoms with Crippen molar-refractivity contribution in [3.8, 4) is 0 Å². The van der Waals surface area contributed by atoms with E-state index in [9.17, 15) is 14.7 Å². The Kier molecular flexibility index (Phi) is 6.07. The predicted octanol–water partition coefficient (Wildman–Crippen LogP) is 2.81. The maximum atomic E-state index is 12.5. The molecule has 1 unspecified atom stereocenters. The highest BCUT2D eigenvalue weighted by atomic mass is 32.2. The number of thioether (sulfide) groups is 1. The maximum absolute atomic E-state index is 12.5. The standard InChI is InChI=1S/C21H26N2O3S/c1-21(2,26)14-27-11-10-22-20(25)16-12-19(24)23(13-16)18-9-5-7-15-6-3-4-8-17(15)18/h3-9,16,26H,10-14H2,1-2H3,(H,22,25). The molecule has 5 nitrogen and oxygen atoms in total. The number of rotatable bonds is 7. The summed E-state index contributed by atoms with van der Waals surface area (Å²) in [5, 5.41) is 14.7. The van der Waals surface area contributed by atoms with E-state index in [-0.39, 0.29) is 24.2 Å². The number of fused-ring (bicyclic) bond motifs is 1. The summed E-state index contributed by atoms with van der Waals surface area (Å²) in [5.41, 5.74) is 0.167. The van der Waals surface area contributed by atoms with Gasteiger partial charge in [-0.3, -0.25) is 9.59 Å². The number of amides is 2. The molecule has 0 aliphatic carbocycles. The smallest absolute Gasteiger partial charge is 0.227 e. The SMILES string of the molecule is CC(C)(O)CSCCNC(=O)C1CC(=O)N(c2cccc3ccccc23)C1. The normalized spacial score (nSPS) is 17.5. The minimum Gasteiger partial charge on any atom is -0.390 e. The molecule has 2 N–H and O–H groups in total. The number of nitrogens with one attached hydrogen (secondary N) is 1. The van der Waals surface area contributed by atoms with Crippen LogP contribution in [-0.4, -0.2) is 47.1 Å². The first-order valence-electron chi connectivity index (χ1n) is 9.21. The molecule has 0 radical (unpaired) electrons. The quantitative estimate of drug-likeness (QED) is 0.718. The molecule has 2 aromatic rings. The molecule has 0 saturated carbocycles. The monoisotopic (exact) mass is 386 g/mol. The summed E-state index contributed by atoms with van der Waals surface area (Å²) < 4.78 is 0. The van der Waals surface area contributed by atoms with Crippen molar-refractivity contribution in [2.45, 2.75) is 25.9 Å². The second-order valence-electron chi connectivity index (χ2n) is 7.56. The minimum absolute atomic E-state index is 0.0112. The molecule has 1 aliphatic heterocycles. The van der Waals surface area contributed by atoms with E-state index in [2.05, 4.69) is 5.32 Å². The second kappa shape index (κ2) is 8.31. The zero-order valence-corrected chi connectivity index (χ0v) is 16.6. The first-order valence-corrected chi connectivity index (χ1v) is 10.4. The lowest BCUT2D eigenvalue weighted by Gasteiger charge is -2.19. The van der Waals surface area contributed by atoms with E-state index < -0.39 is 5.60 Å². The van der Waals surface area contributed by atoms with Crippen molar-refractivity contribution in [3.63, 3.8) is 0 Å². The van der Waals surface area contributed by atoms with E-state index in [0.717, 1.165) is 22.2 Å². The third-order valence-electron chi connectivity index (χ3n) is 4.55. The summed E-state index contributed by atoms with van der Waals surface area (Å²) in [6.07, 6.45) is 0.242. The summed E-state index contributed by atoms with van der Waals surface area (Å²) >= 11 is 1.60. The topological polar surface area (TPSA) is 69.6 Å². The van der Waals surface area contributed by atoms with Crippen molar-refractivity contribution in [2.24, 2.45) is 5.92 Å². The predicted molar refractivity (Wildman–Crippen MR) is 111 cm³/mol. The molecule has 1 heterocycles. The van der Waals surface area contributed by atoms with Gasteiger partial charge in [-0.15, -0.1) is 0 Å². The van der Waals surface area contributed by atoms with Crippen LogP contribution < -0.4 is 10.2 Å². The van der Waals surface area contributed by atoms with Crippen LogP contribution in [0.5, 0.6) is 0 Å². The minimum atomic E-state index is -0.703. The molecule has 3 rings (SSSR count). The molecule has 2 aromatic carbocycles. The van der Waals surface area contributed by atoms with Gasteiger partial charge < -0.3 is 15.3 Å². The van der Waals surface area contributed by atoms with Gasteiger partial charge in [-0.2, -0.15) is 11.8 Å². The van der Waals surface area contributed by atoms with Crippen molar-refractivity contribution < 1.29 is 14.7 Å². The van der Waals surface area contributed by atoms with E-state index >= 15 is 0 Å². The lowest BCUT2D eigenvalue weighted by molar-refractivity contribution is -0.126. The first kappa shape index (κ1) is 19.7. The molecule has 144 valence electrons. The molecule has 1 aliphatic rings. The maximum Gasteiger partial charge on any atom is 0.227 e. The fraction of sp³-hybridized carbons (Fsp3) is 0.429. The van der Waals surface area contributed by atoms with Gasteiger partial charge in [0.1, 0.15) is 0 Å². The molecule has 0 spiro atoms. The number of hydrogen-bond donors (Lipinski definition) is 2. The average molecular weight is 387 g/mol. The van der Waals surface area contributed by atoms with Crippen LogP contribution in [0.1, 0.15) is 20.3 Å². The van der Waals surface area contributed by atoms with Crippen LogP contribution in [0.25, 0.3) is 10.8 Å². The first-order chi connectivity index (χ1) is 12.8. The Morgan fingerprint density at radius 3 is 2.78 bits per heavy atom. The Morgan fingerprint density at radius 1 is 1.26 bits per heavy atom. The Morgan fingerprint density at radius 2 is 2.00 bits per heavy atom. The molecular weight excluding hydrogens is 360 g/mol. The summed E-state index contributed by atoms with van der Waals surface area (Å²) in [4.78, 5) is 26.7. The second-order valence-corrected chi connectivity index (χ2v) is 8.66. The highest BCUT2D eigenvalue weighted by Crippen LogP contribution is 2.31. The van der Waals surface area contributed by atoms with Gasteiger partial charge in [-0.05, 0) is 25.3 Å². The summed E-state index contributed by atoms with van der Waals surface area (Å²) in [7, 11) is 0. The summed E-state index contributed by atoms with van der Waals surface area (Å²) in [5.74, 6) is 0.955. The summed E-state index contributed by atoms with van der Waals surface area (Å²) in [6.45, 7) is 4.49. The largest absolute Gasteiger partial charge is 0.390 e. The van der Waals surface area contributed by atoms with Crippen LogP contribution in [-0.2, 0) is 9.59 Å². The Hall–Kier alpha value is -2.05. The average Bonchev–Trinajstić information content (AvgIpc) is 3.01. The summed E-state index contributed by atoms with van der Waals surface area (Å²) in [6, 6.07) is 13.9. The number of anilines is 1. The number of benzene rings is 2. The van der Waals surface area contributed by atoms with Crippen LogP contribution in [0.4, 0.5) is 5.69 Å². The number of carbonyl (C=O) groups is 2. The van der Waals surface area contributed by atoms with Crippen molar-refractivity contribution in [1.82, 2.24) is 5.32 Å².